The molecule has 0 unspecified atom stereocenters. The van der Waals surface area contributed by atoms with Crippen molar-refractivity contribution in [1.29, 1.82) is 0 Å². The monoisotopic (exact) mass is 237 g/mol. The van der Waals surface area contributed by atoms with E-state index in [2.05, 4.69) is 10.4 Å². The van der Waals surface area contributed by atoms with E-state index in [-0.39, 0.29) is 0 Å². The first-order valence-electron chi connectivity index (χ1n) is 6.12. The summed E-state index contributed by atoms with van der Waals surface area (Å²) in [5.41, 5.74) is 0.420. The average molecular weight is 237 g/mol. The normalized spacial score (nSPS) is 19.1. The van der Waals surface area contributed by atoms with Crippen LogP contribution >= 0.6 is 0 Å². The van der Waals surface area contributed by atoms with Crippen LogP contribution in [0.3, 0.4) is 0 Å². The molecule has 5 heteroatoms. The van der Waals surface area contributed by atoms with Crippen molar-refractivity contribution in [3.8, 4) is 0 Å². The maximum Gasteiger partial charge on any atom is 0.310 e. The summed E-state index contributed by atoms with van der Waals surface area (Å²) in [7, 11) is 0. The summed E-state index contributed by atoms with van der Waals surface area (Å²) >= 11 is 0. The number of aryl methyl sites for hydroxylation is 1. The number of nitrogens with one attached hydrogen (secondary N) is 1. The maximum atomic E-state index is 11.5. The molecule has 17 heavy (non-hydrogen) atoms. The van der Waals surface area contributed by atoms with Crippen LogP contribution in [0.5, 0.6) is 0 Å². The lowest BCUT2D eigenvalue weighted by Crippen LogP contribution is -2.43. The van der Waals surface area contributed by atoms with Gasteiger partial charge in [0.25, 0.3) is 0 Å². The van der Waals surface area contributed by atoms with Gasteiger partial charge in [0.2, 0.25) is 0 Å². The van der Waals surface area contributed by atoms with Gasteiger partial charge < -0.3 is 10.4 Å². The first kappa shape index (κ1) is 12.1. The van der Waals surface area contributed by atoms with E-state index in [9.17, 15) is 9.90 Å². The van der Waals surface area contributed by atoms with Crippen LogP contribution in [0.25, 0.3) is 0 Å². The summed E-state index contributed by atoms with van der Waals surface area (Å²) in [6, 6.07) is 0. The van der Waals surface area contributed by atoms with Gasteiger partial charge in [0, 0.05) is 12.7 Å². The maximum absolute atomic E-state index is 11.5. The van der Waals surface area contributed by atoms with Gasteiger partial charge in [-0.05, 0) is 44.8 Å². The van der Waals surface area contributed by atoms with E-state index < -0.39 is 11.4 Å². The van der Waals surface area contributed by atoms with Crippen LogP contribution < -0.4 is 5.32 Å². The second-order valence-corrected chi connectivity index (χ2v) is 4.72. The second kappa shape index (κ2) is 4.87. The average Bonchev–Trinajstić information content (AvgIpc) is 2.77. The number of aromatic nitrogens is 2. The molecule has 0 aromatic carbocycles. The largest absolute Gasteiger partial charge is 0.481 e. The molecule has 0 saturated carbocycles. The minimum Gasteiger partial charge on any atom is -0.481 e. The second-order valence-electron chi connectivity index (χ2n) is 4.72. The molecular formula is C12H19N3O2. The zero-order valence-corrected chi connectivity index (χ0v) is 10.1. The van der Waals surface area contributed by atoms with Gasteiger partial charge in [0.1, 0.15) is 0 Å². The standard InChI is InChI=1S/C12H19N3O2/c1-2-15-9-10(8-14-15)7-12(11(16)17)3-5-13-6-4-12/h8-9,13H,2-7H2,1H3,(H,16,17). The first-order valence-corrected chi connectivity index (χ1v) is 6.12. The summed E-state index contributed by atoms with van der Waals surface area (Å²) in [5, 5.41) is 16.9. The summed E-state index contributed by atoms with van der Waals surface area (Å²) < 4.78 is 1.84. The van der Waals surface area contributed by atoms with Gasteiger partial charge in [-0.1, -0.05) is 0 Å². The Morgan fingerprint density at radius 1 is 1.59 bits per heavy atom. The number of hydrogen-bond donors (Lipinski definition) is 2. The Bertz CT molecular complexity index is 394. The number of rotatable bonds is 4. The minimum absolute atomic E-state index is 0.587. The van der Waals surface area contributed by atoms with E-state index in [1.54, 1.807) is 6.20 Å². The van der Waals surface area contributed by atoms with Crippen molar-refractivity contribution in [3.63, 3.8) is 0 Å². The molecule has 0 aliphatic carbocycles. The molecule has 0 amide bonds. The molecule has 94 valence electrons. The lowest BCUT2D eigenvalue weighted by atomic mass is 9.75. The van der Waals surface area contributed by atoms with Crippen LogP contribution in [0, 0.1) is 5.41 Å². The Balaban J connectivity index is 2.14. The molecule has 1 aliphatic heterocycles. The van der Waals surface area contributed by atoms with E-state index in [0.717, 1.165) is 25.2 Å². The zero-order valence-electron chi connectivity index (χ0n) is 10.1. The predicted molar refractivity (Wildman–Crippen MR) is 63.8 cm³/mol. The highest BCUT2D eigenvalue weighted by atomic mass is 16.4. The van der Waals surface area contributed by atoms with Gasteiger partial charge in [0.15, 0.2) is 0 Å². The summed E-state index contributed by atoms with van der Waals surface area (Å²) in [6.45, 7) is 4.42. The van der Waals surface area contributed by atoms with E-state index in [1.165, 1.54) is 0 Å². The van der Waals surface area contributed by atoms with Gasteiger partial charge >= 0.3 is 5.97 Å². The fourth-order valence-electron chi connectivity index (χ4n) is 2.43. The molecule has 0 atom stereocenters. The van der Waals surface area contributed by atoms with Crippen LogP contribution in [0.4, 0.5) is 0 Å². The number of piperidine rings is 1. The zero-order chi connectivity index (χ0) is 12.3. The Kier molecular flexibility index (Phi) is 3.47. The highest BCUT2D eigenvalue weighted by molar-refractivity contribution is 5.75. The van der Waals surface area contributed by atoms with E-state index in [4.69, 9.17) is 0 Å². The summed E-state index contributed by atoms with van der Waals surface area (Å²) in [6.07, 6.45) is 5.71. The molecule has 2 rings (SSSR count). The van der Waals surface area contributed by atoms with Crippen LogP contribution in [0.1, 0.15) is 25.3 Å². The third-order valence-corrected chi connectivity index (χ3v) is 3.57. The van der Waals surface area contributed by atoms with Gasteiger partial charge in [-0.3, -0.25) is 9.48 Å². The number of carbonyl (C=O) groups is 1. The molecule has 0 radical (unpaired) electrons. The predicted octanol–water partition coefficient (Wildman–Crippen LogP) is 0.900. The van der Waals surface area contributed by atoms with E-state index in [0.29, 0.717) is 19.3 Å². The Labute approximate surface area is 101 Å². The molecule has 1 fully saturated rings. The van der Waals surface area contributed by atoms with Crippen LogP contribution in [0.2, 0.25) is 0 Å². The van der Waals surface area contributed by atoms with Crippen LogP contribution in [-0.4, -0.2) is 33.9 Å². The SMILES string of the molecule is CCn1cc(CC2(C(=O)O)CCNCC2)cn1. The fraction of sp³-hybridized carbons (Fsp3) is 0.667. The molecule has 5 nitrogen and oxygen atoms in total. The number of carboxylic acids is 1. The molecule has 1 aromatic heterocycles. The smallest absolute Gasteiger partial charge is 0.310 e. The van der Waals surface area contributed by atoms with Crippen molar-refractivity contribution >= 4 is 5.97 Å². The molecule has 0 bridgehead atoms. The molecule has 1 aromatic rings. The van der Waals surface area contributed by atoms with Crippen molar-refractivity contribution in [3.05, 3.63) is 18.0 Å². The highest BCUT2D eigenvalue weighted by Crippen LogP contribution is 2.33. The van der Waals surface area contributed by atoms with Crippen molar-refractivity contribution in [1.82, 2.24) is 15.1 Å². The number of carboxylic acid groups (broad SMARTS) is 1. The summed E-state index contributed by atoms with van der Waals surface area (Å²) in [5.74, 6) is -0.678. The Morgan fingerprint density at radius 3 is 2.82 bits per heavy atom. The molecule has 1 saturated heterocycles. The van der Waals surface area contributed by atoms with Gasteiger partial charge in [-0.15, -0.1) is 0 Å². The third kappa shape index (κ3) is 2.49. The Morgan fingerprint density at radius 2 is 2.29 bits per heavy atom. The highest BCUT2D eigenvalue weighted by Gasteiger charge is 2.39. The summed E-state index contributed by atoms with van der Waals surface area (Å²) in [4.78, 5) is 11.5. The minimum atomic E-state index is -0.678. The van der Waals surface area contributed by atoms with Crippen molar-refractivity contribution in [2.75, 3.05) is 13.1 Å². The lowest BCUT2D eigenvalue weighted by molar-refractivity contribution is -0.150. The lowest BCUT2D eigenvalue weighted by Gasteiger charge is -2.33. The van der Waals surface area contributed by atoms with Gasteiger partial charge in [-0.2, -0.15) is 5.10 Å². The third-order valence-electron chi connectivity index (χ3n) is 3.57. The van der Waals surface area contributed by atoms with E-state index in [1.807, 2.05) is 17.8 Å². The number of aliphatic carboxylic acids is 1. The van der Waals surface area contributed by atoms with Gasteiger partial charge in [0.05, 0.1) is 11.6 Å². The van der Waals surface area contributed by atoms with Gasteiger partial charge in [-0.25, -0.2) is 0 Å². The molecule has 2 heterocycles. The Hall–Kier alpha value is -1.36. The molecular weight excluding hydrogens is 218 g/mol. The van der Waals surface area contributed by atoms with Crippen LogP contribution in [0.15, 0.2) is 12.4 Å². The molecule has 2 N–H and O–H groups in total. The fourth-order valence-corrected chi connectivity index (χ4v) is 2.43. The first-order chi connectivity index (χ1) is 8.16. The molecule has 1 aliphatic rings. The quantitative estimate of drug-likeness (QED) is 0.816. The number of nitrogens with zero attached hydrogens (tertiary/aromatic N) is 2. The molecule has 0 spiro atoms. The van der Waals surface area contributed by atoms with Crippen LogP contribution in [-0.2, 0) is 17.8 Å². The topological polar surface area (TPSA) is 67.2 Å². The van der Waals surface area contributed by atoms with E-state index >= 15 is 0 Å². The number of hydrogen-bond acceptors (Lipinski definition) is 3. The van der Waals surface area contributed by atoms with Crippen molar-refractivity contribution in [2.45, 2.75) is 32.7 Å². The van der Waals surface area contributed by atoms with Crippen molar-refractivity contribution in [2.24, 2.45) is 5.41 Å². The van der Waals surface area contributed by atoms with Crippen molar-refractivity contribution < 1.29 is 9.90 Å².